The van der Waals surface area contributed by atoms with Crippen LogP contribution < -0.4 is 10.6 Å². The van der Waals surface area contributed by atoms with Crippen LogP contribution in [0.25, 0.3) is 10.2 Å². The predicted molar refractivity (Wildman–Crippen MR) is 78.3 cm³/mol. The highest BCUT2D eigenvalue weighted by atomic mass is 32.1. The third kappa shape index (κ3) is 2.49. The first-order valence-corrected chi connectivity index (χ1v) is 7.37. The highest BCUT2D eigenvalue weighted by molar-refractivity contribution is 7.22. The molecule has 96 valence electrons. The molecule has 4 heteroatoms. The number of thiazole rings is 1. The Morgan fingerprint density at radius 2 is 2.33 bits per heavy atom. The van der Waals surface area contributed by atoms with Crippen LogP contribution in [0.15, 0.2) is 24.3 Å². The summed E-state index contributed by atoms with van der Waals surface area (Å²) in [7, 11) is 0. The van der Waals surface area contributed by atoms with Crippen LogP contribution in [-0.2, 0) is 0 Å². The average molecular weight is 261 g/mol. The second kappa shape index (κ2) is 4.86. The van der Waals surface area contributed by atoms with Gasteiger partial charge in [-0.3, -0.25) is 0 Å². The van der Waals surface area contributed by atoms with E-state index in [1.807, 2.05) is 6.07 Å². The van der Waals surface area contributed by atoms with Gasteiger partial charge in [0.25, 0.3) is 0 Å². The van der Waals surface area contributed by atoms with Crippen molar-refractivity contribution in [2.24, 2.45) is 5.41 Å². The number of nitrogens with one attached hydrogen (secondary N) is 2. The Morgan fingerprint density at radius 1 is 1.44 bits per heavy atom. The van der Waals surface area contributed by atoms with Gasteiger partial charge in [0.2, 0.25) is 0 Å². The molecule has 0 radical (unpaired) electrons. The van der Waals surface area contributed by atoms with Crippen molar-refractivity contribution >= 4 is 26.7 Å². The minimum atomic E-state index is 0.357. The van der Waals surface area contributed by atoms with Crippen molar-refractivity contribution in [1.82, 2.24) is 10.3 Å². The SMILES string of the molecule is CC1(CNc2nc3ccccc3s2)CCCNC1. The van der Waals surface area contributed by atoms with E-state index in [1.54, 1.807) is 11.3 Å². The van der Waals surface area contributed by atoms with Gasteiger partial charge < -0.3 is 10.6 Å². The van der Waals surface area contributed by atoms with Crippen LogP contribution in [0, 0.1) is 5.41 Å². The molecule has 3 rings (SSSR count). The second-order valence-corrected chi connectivity index (χ2v) is 6.46. The van der Waals surface area contributed by atoms with Crippen molar-refractivity contribution in [3.8, 4) is 0 Å². The Bertz CT molecular complexity index is 496. The lowest BCUT2D eigenvalue weighted by Gasteiger charge is -2.34. The predicted octanol–water partition coefficient (Wildman–Crippen LogP) is 3.10. The van der Waals surface area contributed by atoms with Crippen LogP contribution in [0.4, 0.5) is 5.13 Å². The Morgan fingerprint density at radius 3 is 3.11 bits per heavy atom. The highest BCUT2D eigenvalue weighted by Gasteiger charge is 2.26. The summed E-state index contributed by atoms with van der Waals surface area (Å²) in [4.78, 5) is 4.62. The van der Waals surface area contributed by atoms with Gasteiger partial charge >= 0.3 is 0 Å². The van der Waals surface area contributed by atoms with E-state index in [1.165, 1.54) is 17.5 Å². The Hall–Kier alpha value is -1.13. The summed E-state index contributed by atoms with van der Waals surface area (Å²) < 4.78 is 1.26. The molecule has 0 aliphatic carbocycles. The van der Waals surface area contributed by atoms with Crippen molar-refractivity contribution in [3.63, 3.8) is 0 Å². The lowest BCUT2D eigenvalue weighted by atomic mass is 9.83. The number of nitrogens with zero attached hydrogens (tertiary/aromatic N) is 1. The third-order valence-electron chi connectivity index (χ3n) is 3.65. The van der Waals surface area contributed by atoms with E-state index in [2.05, 4.69) is 40.7 Å². The summed E-state index contributed by atoms with van der Waals surface area (Å²) in [5.41, 5.74) is 1.45. The quantitative estimate of drug-likeness (QED) is 0.891. The van der Waals surface area contributed by atoms with Crippen molar-refractivity contribution in [2.45, 2.75) is 19.8 Å². The van der Waals surface area contributed by atoms with E-state index in [-0.39, 0.29) is 0 Å². The number of aromatic nitrogens is 1. The van der Waals surface area contributed by atoms with E-state index in [4.69, 9.17) is 0 Å². The summed E-state index contributed by atoms with van der Waals surface area (Å²) in [6, 6.07) is 8.30. The fourth-order valence-electron chi connectivity index (χ4n) is 2.51. The number of piperidine rings is 1. The molecule has 1 aromatic carbocycles. The molecule has 2 N–H and O–H groups in total. The molecule has 18 heavy (non-hydrogen) atoms. The van der Waals surface area contributed by atoms with Gasteiger partial charge in [0.1, 0.15) is 0 Å². The second-order valence-electron chi connectivity index (χ2n) is 5.43. The maximum atomic E-state index is 4.62. The molecule has 1 saturated heterocycles. The molecule has 2 aromatic rings. The lowest BCUT2D eigenvalue weighted by Crippen LogP contribution is -2.42. The molecule has 1 fully saturated rings. The third-order valence-corrected chi connectivity index (χ3v) is 4.64. The first kappa shape index (κ1) is 11.9. The summed E-state index contributed by atoms with van der Waals surface area (Å²) in [5.74, 6) is 0. The van der Waals surface area contributed by atoms with Crippen molar-refractivity contribution in [3.05, 3.63) is 24.3 Å². The summed E-state index contributed by atoms with van der Waals surface area (Å²) >= 11 is 1.74. The van der Waals surface area contributed by atoms with Gasteiger partial charge in [-0.15, -0.1) is 0 Å². The Balaban J connectivity index is 1.69. The number of rotatable bonds is 3. The number of fused-ring (bicyclic) bond motifs is 1. The highest BCUT2D eigenvalue weighted by Crippen LogP contribution is 2.29. The zero-order chi connectivity index (χ0) is 12.4. The Labute approximate surface area is 112 Å². The number of hydrogen-bond donors (Lipinski definition) is 2. The molecule has 0 bridgehead atoms. The van der Waals surface area contributed by atoms with Crippen molar-refractivity contribution in [2.75, 3.05) is 25.0 Å². The molecular formula is C14H19N3S. The van der Waals surface area contributed by atoms with Gasteiger partial charge in [0.05, 0.1) is 10.2 Å². The molecule has 1 aliphatic heterocycles. The van der Waals surface area contributed by atoms with Crippen LogP contribution in [0.1, 0.15) is 19.8 Å². The van der Waals surface area contributed by atoms with Crippen LogP contribution in [0.2, 0.25) is 0 Å². The maximum absolute atomic E-state index is 4.62. The van der Waals surface area contributed by atoms with Gasteiger partial charge in [-0.05, 0) is 36.9 Å². The van der Waals surface area contributed by atoms with E-state index >= 15 is 0 Å². The van der Waals surface area contributed by atoms with Gasteiger partial charge in [0, 0.05) is 13.1 Å². The number of hydrogen-bond acceptors (Lipinski definition) is 4. The van der Waals surface area contributed by atoms with Crippen LogP contribution in [0.3, 0.4) is 0 Å². The molecular weight excluding hydrogens is 242 g/mol. The number of para-hydroxylation sites is 1. The normalized spacial score (nSPS) is 24.3. The Kier molecular flexibility index (Phi) is 3.22. The lowest BCUT2D eigenvalue weighted by molar-refractivity contribution is 0.253. The van der Waals surface area contributed by atoms with Crippen molar-refractivity contribution < 1.29 is 0 Å². The van der Waals surface area contributed by atoms with Crippen LogP contribution >= 0.6 is 11.3 Å². The van der Waals surface area contributed by atoms with Gasteiger partial charge in [0.15, 0.2) is 5.13 Å². The first-order chi connectivity index (χ1) is 8.75. The molecule has 0 amide bonds. The minimum Gasteiger partial charge on any atom is -0.361 e. The monoisotopic (exact) mass is 261 g/mol. The van der Waals surface area contributed by atoms with E-state index in [0.717, 1.165) is 30.3 Å². The molecule has 2 heterocycles. The smallest absolute Gasteiger partial charge is 0.183 e. The summed E-state index contributed by atoms with van der Waals surface area (Å²) in [6.07, 6.45) is 2.57. The maximum Gasteiger partial charge on any atom is 0.183 e. The molecule has 0 spiro atoms. The summed E-state index contributed by atoms with van der Waals surface area (Å²) in [5, 5.41) is 8.04. The van der Waals surface area contributed by atoms with Gasteiger partial charge in [-0.1, -0.05) is 30.4 Å². The topological polar surface area (TPSA) is 37.0 Å². The fraction of sp³-hybridized carbons (Fsp3) is 0.500. The molecule has 1 unspecified atom stereocenters. The molecule has 1 aromatic heterocycles. The molecule has 1 atom stereocenters. The van der Waals surface area contributed by atoms with Crippen molar-refractivity contribution in [1.29, 1.82) is 0 Å². The first-order valence-electron chi connectivity index (χ1n) is 6.55. The average Bonchev–Trinajstić information content (AvgIpc) is 2.80. The standard InChI is InChI=1S/C14H19N3S/c1-14(7-4-8-15-9-14)10-16-13-17-11-5-2-3-6-12(11)18-13/h2-3,5-6,15H,4,7-10H2,1H3,(H,16,17). The zero-order valence-corrected chi connectivity index (χ0v) is 11.5. The van der Waals surface area contributed by atoms with Gasteiger partial charge in [-0.25, -0.2) is 4.98 Å². The minimum absolute atomic E-state index is 0.357. The van der Waals surface area contributed by atoms with Crippen LogP contribution in [-0.4, -0.2) is 24.6 Å². The van der Waals surface area contributed by atoms with Gasteiger partial charge in [-0.2, -0.15) is 0 Å². The van der Waals surface area contributed by atoms with E-state index < -0.39 is 0 Å². The largest absolute Gasteiger partial charge is 0.361 e. The number of anilines is 1. The molecule has 0 saturated carbocycles. The fourth-order valence-corrected chi connectivity index (χ4v) is 3.37. The van der Waals surface area contributed by atoms with E-state index in [9.17, 15) is 0 Å². The van der Waals surface area contributed by atoms with E-state index in [0.29, 0.717) is 5.41 Å². The molecule has 3 nitrogen and oxygen atoms in total. The van der Waals surface area contributed by atoms with Crippen LogP contribution in [0.5, 0.6) is 0 Å². The zero-order valence-electron chi connectivity index (χ0n) is 10.7. The number of benzene rings is 1. The summed E-state index contributed by atoms with van der Waals surface area (Å²) in [6.45, 7) is 5.61. The molecule has 1 aliphatic rings.